The first-order valence-corrected chi connectivity index (χ1v) is 7.07. The van der Waals surface area contributed by atoms with Crippen LogP contribution in [-0.2, 0) is 6.54 Å². The molecule has 6 heteroatoms. The number of aryl methyl sites for hydroxylation is 2. The third-order valence-electron chi connectivity index (χ3n) is 3.22. The maximum absolute atomic E-state index is 10.9. The first-order valence-electron chi connectivity index (χ1n) is 6.32. The van der Waals surface area contributed by atoms with Crippen LogP contribution in [0.3, 0.4) is 0 Å². The predicted molar refractivity (Wildman–Crippen MR) is 86.4 cm³/mol. The van der Waals surface area contributed by atoms with Gasteiger partial charge in [0.05, 0.1) is 4.92 Å². The van der Waals surface area contributed by atoms with E-state index < -0.39 is 0 Å². The molecule has 0 heterocycles. The van der Waals surface area contributed by atoms with E-state index in [4.69, 9.17) is 23.2 Å². The van der Waals surface area contributed by atoms with E-state index in [-0.39, 0.29) is 10.6 Å². The number of hydrogen-bond acceptors (Lipinski definition) is 3. The predicted octanol–water partition coefficient (Wildman–Crippen LogP) is 5.13. The van der Waals surface area contributed by atoms with Gasteiger partial charge in [-0.15, -0.1) is 0 Å². The number of nitro benzene ring substituents is 1. The van der Waals surface area contributed by atoms with Crippen LogP contribution in [0.1, 0.15) is 16.7 Å². The summed E-state index contributed by atoms with van der Waals surface area (Å²) in [5.41, 5.74) is 3.27. The molecule has 0 fully saturated rings. The minimum Gasteiger partial charge on any atom is -0.381 e. The minimum atomic E-state index is -0.375. The van der Waals surface area contributed by atoms with Gasteiger partial charge in [-0.2, -0.15) is 0 Å². The summed E-state index contributed by atoms with van der Waals surface area (Å²) >= 11 is 12.1. The quantitative estimate of drug-likeness (QED) is 0.626. The Morgan fingerprint density at radius 2 is 1.86 bits per heavy atom. The molecule has 4 nitrogen and oxygen atoms in total. The number of benzene rings is 2. The maximum Gasteiger partial charge on any atom is 0.272 e. The molecule has 0 aliphatic rings. The Morgan fingerprint density at radius 1 is 1.14 bits per heavy atom. The Kier molecular flexibility index (Phi) is 4.70. The van der Waals surface area contributed by atoms with Gasteiger partial charge in [-0.1, -0.05) is 23.2 Å². The van der Waals surface area contributed by atoms with E-state index in [9.17, 15) is 10.1 Å². The van der Waals surface area contributed by atoms with Crippen molar-refractivity contribution in [2.75, 3.05) is 5.32 Å². The van der Waals surface area contributed by atoms with Crippen molar-refractivity contribution in [2.45, 2.75) is 20.4 Å². The normalized spacial score (nSPS) is 10.5. The highest BCUT2D eigenvalue weighted by Gasteiger charge is 2.13. The molecular weight excluding hydrogens is 311 g/mol. The van der Waals surface area contributed by atoms with Crippen molar-refractivity contribution in [1.82, 2.24) is 0 Å². The molecule has 0 saturated heterocycles. The second-order valence-electron chi connectivity index (χ2n) is 4.80. The van der Waals surface area contributed by atoms with E-state index in [0.29, 0.717) is 22.2 Å². The number of anilines is 1. The van der Waals surface area contributed by atoms with E-state index >= 15 is 0 Å². The molecule has 0 aliphatic carbocycles. The van der Waals surface area contributed by atoms with Gasteiger partial charge in [-0.3, -0.25) is 10.1 Å². The van der Waals surface area contributed by atoms with Crippen molar-refractivity contribution in [1.29, 1.82) is 0 Å². The first kappa shape index (κ1) is 15.6. The lowest BCUT2D eigenvalue weighted by Crippen LogP contribution is -2.03. The standard InChI is InChI=1S/C15H14Cl2N2O2/c1-9-6-15(19(20)21)10(2)5-14(9)18-8-11-7-12(16)3-4-13(11)17/h3-7,18H,8H2,1-2H3. The summed E-state index contributed by atoms with van der Waals surface area (Å²) in [6.07, 6.45) is 0. The van der Waals surface area contributed by atoms with Gasteiger partial charge >= 0.3 is 0 Å². The van der Waals surface area contributed by atoms with Gasteiger partial charge in [0.25, 0.3) is 5.69 Å². The zero-order chi connectivity index (χ0) is 15.6. The molecule has 2 aromatic carbocycles. The summed E-state index contributed by atoms with van der Waals surface area (Å²) in [6.45, 7) is 4.04. The van der Waals surface area contributed by atoms with E-state index in [2.05, 4.69) is 5.32 Å². The lowest BCUT2D eigenvalue weighted by molar-refractivity contribution is -0.385. The second-order valence-corrected chi connectivity index (χ2v) is 5.64. The average Bonchev–Trinajstić information content (AvgIpc) is 2.42. The first-order chi connectivity index (χ1) is 9.88. The summed E-state index contributed by atoms with van der Waals surface area (Å²) in [4.78, 5) is 10.5. The Hall–Kier alpha value is -1.78. The SMILES string of the molecule is Cc1cc([N+](=O)[O-])c(C)cc1NCc1cc(Cl)ccc1Cl. The topological polar surface area (TPSA) is 55.2 Å². The molecular formula is C15H14Cl2N2O2. The van der Waals surface area contributed by atoms with Crippen LogP contribution >= 0.6 is 23.2 Å². The van der Waals surface area contributed by atoms with E-state index in [1.165, 1.54) is 0 Å². The molecule has 1 N–H and O–H groups in total. The molecule has 0 bridgehead atoms. The molecule has 21 heavy (non-hydrogen) atoms. The van der Waals surface area contributed by atoms with Gasteiger partial charge in [0.1, 0.15) is 0 Å². The summed E-state index contributed by atoms with van der Waals surface area (Å²) in [5.74, 6) is 0. The molecule has 0 radical (unpaired) electrons. The van der Waals surface area contributed by atoms with E-state index in [0.717, 1.165) is 16.8 Å². The third kappa shape index (κ3) is 3.65. The number of nitrogens with zero attached hydrogens (tertiary/aromatic N) is 1. The Morgan fingerprint density at radius 3 is 2.52 bits per heavy atom. The van der Waals surface area contributed by atoms with Crippen molar-refractivity contribution in [3.8, 4) is 0 Å². The van der Waals surface area contributed by atoms with E-state index in [1.807, 2.05) is 6.92 Å². The van der Waals surface area contributed by atoms with Gasteiger partial charge < -0.3 is 5.32 Å². The molecule has 110 valence electrons. The highest BCUT2D eigenvalue weighted by Crippen LogP contribution is 2.27. The molecule has 2 aromatic rings. The van der Waals surface area contributed by atoms with Gasteiger partial charge in [0.15, 0.2) is 0 Å². The van der Waals surface area contributed by atoms with Crippen molar-refractivity contribution in [3.05, 3.63) is 67.2 Å². The van der Waals surface area contributed by atoms with Crippen molar-refractivity contribution in [3.63, 3.8) is 0 Å². The third-order valence-corrected chi connectivity index (χ3v) is 3.82. The molecule has 0 saturated carbocycles. The Bertz CT molecular complexity index is 702. The molecule has 0 spiro atoms. The summed E-state index contributed by atoms with van der Waals surface area (Å²) in [7, 11) is 0. The fourth-order valence-corrected chi connectivity index (χ4v) is 2.44. The molecule has 0 aliphatic heterocycles. The largest absolute Gasteiger partial charge is 0.381 e. The lowest BCUT2D eigenvalue weighted by atomic mass is 10.1. The van der Waals surface area contributed by atoms with Crippen LogP contribution in [-0.4, -0.2) is 4.92 Å². The summed E-state index contributed by atoms with van der Waals surface area (Å²) in [6, 6.07) is 8.61. The average molecular weight is 325 g/mol. The molecule has 0 unspecified atom stereocenters. The Labute approximate surface area is 132 Å². The monoisotopic (exact) mass is 324 g/mol. The lowest BCUT2D eigenvalue weighted by Gasteiger charge is -2.12. The smallest absolute Gasteiger partial charge is 0.272 e. The minimum absolute atomic E-state index is 0.124. The van der Waals surface area contributed by atoms with Crippen LogP contribution in [0.4, 0.5) is 11.4 Å². The van der Waals surface area contributed by atoms with Gasteiger partial charge in [0, 0.05) is 33.9 Å². The zero-order valence-electron chi connectivity index (χ0n) is 11.6. The molecule has 0 atom stereocenters. The van der Waals surface area contributed by atoms with Crippen LogP contribution in [0.15, 0.2) is 30.3 Å². The van der Waals surface area contributed by atoms with Crippen LogP contribution in [0.2, 0.25) is 10.0 Å². The number of hydrogen-bond donors (Lipinski definition) is 1. The summed E-state index contributed by atoms with van der Waals surface area (Å²) < 4.78 is 0. The summed E-state index contributed by atoms with van der Waals surface area (Å²) in [5, 5.41) is 15.4. The number of halogens is 2. The molecule has 0 amide bonds. The van der Waals surface area contributed by atoms with Crippen molar-refractivity contribution < 1.29 is 4.92 Å². The zero-order valence-corrected chi connectivity index (χ0v) is 13.1. The highest BCUT2D eigenvalue weighted by molar-refractivity contribution is 6.33. The Balaban J connectivity index is 2.22. The fourth-order valence-electron chi connectivity index (χ4n) is 2.06. The van der Waals surface area contributed by atoms with Crippen LogP contribution < -0.4 is 5.32 Å². The highest BCUT2D eigenvalue weighted by atomic mass is 35.5. The van der Waals surface area contributed by atoms with Crippen molar-refractivity contribution in [2.24, 2.45) is 0 Å². The molecule has 2 rings (SSSR count). The van der Waals surface area contributed by atoms with Crippen LogP contribution in [0.25, 0.3) is 0 Å². The van der Waals surface area contributed by atoms with Crippen LogP contribution in [0, 0.1) is 24.0 Å². The van der Waals surface area contributed by atoms with Gasteiger partial charge in [0.2, 0.25) is 0 Å². The fraction of sp³-hybridized carbons (Fsp3) is 0.200. The maximum atomic E-state index is 10.9. The molecule has 0 aromatic heterocycles. The van der Waals surface area contributed by atoms with E-state index in [1.54, 1.807) is 37.3 Å². The van der Waals surface area contributed by atoms with Gasteiger partial charge in [-0.05, 0) is 49.2 Å². The second kappa shape index (κ2) is 6.33. The van der Waals surface area contributed by atoms with Crippen molar-refractivity contribution >= 4 is 34.6 Å². The van der Waals surface area contributed by atoms with Crippen LogP contribution in [0.5, 0.6) is 0 Å². The van der Waals surface area contributed by atoms with Gasteiger partial charge in [-0.25, -0.2) is 0 Å². The number of rotatable bonds is 4. The number of nitrogens with one attached hydrogen (secondary N) is 1. The number of nitro groups is 1.